The molecule has 20 heavy (non-hydrogen) atoms. The minimum Gasteiger partial charge on any atom is -0.467 e. The Morgan fingerprint density at radius 2 is 2.10 bits per heavy atom. The van der Waals surface area contributed by atoms with Gasteiger partial charge < -0.3 is 20.1 Å². The van der Waals surface area contributed by atoms with Crippen molar-refractivity contribution >= 4 is 12.1 Å². The van der Waals surface area contributed by atoms with E-state index in [-0.39, 0.29) is 0 Å². The number of nitrogens with one attached hydrogen (secondary N) is 2. The standard InChI is InChI=1S/C14H26N2O4/c1-14(2,3)20-13(18)16-11(12(17)19-4)8-10-6-5-7-15-9-10/h10-11,15H,5-9H2,1-4H3,(H,16,18)/t10-,11+/m1/s1. The summed E-state index contributed by atoms with van der Waals surface area (Å²) < 4.78 is 9.93. The van der Waals surface area contributed by atoms with E-state index in [9.17, 15) is 9.59 Å². The van der Waals surface area contributed by atoms with Crippen LogP contribution in [0, 0.1) is 5.92 Å². The van der Waals surface area contributed by atoms with E-state index < -0.39 is 23.7 Å². The molecule has 1 rings (SSSR count). The van der Waals surface area contributed by atoms with Crippen LogP contribution in [-0.2, 0) is 14.3 Å². The molecule has 1 aliphatic heterocycles. The van der Waals surface area contributed by atoms with Crippen molar-refractivity contribution in [1.29, 1.82) is 0 Å². The quantitative estimate of drug-likeness (QED) is 0.765. The average Bonchev–Trinajstić information content (AvgIpc) is 2.36. The molecule has 6 nitrogen and oxygen atoms in total. The van der Waals surface area contributed by atoms with Crippen LogP contribution in [0.4, 0.5) is 4.79 Å². The van der Waals surface area contributed by atoms with E-state index in [1.54, 1.807) is 20.8 Å². The van der Waals surface area contributed by atoms with Crippen LogP contribution in [0.5, 0.6) is 0 Å². The molecule has 1 saturated heterocycles. The fraction of sp³-hybridized carbons (Fsp3) is 0.857. The fourth-order valence-electron chi connectivity index (χ4n) is 2.26. The first kappa shape index (κ1) is 16.8. The second-order valence-corrected chi connectivity index (χ2v) is 6.17. The summed E-state index contributed by atoms with van der Waals surface area (Å²) in [5, 5.41) is 5.90. The highest BCUT2D eigenvalue weighted by Crippen LogP contribution is 2.17. The lowest BCUT2D eigenvalue weighted by Crippen LogP contribution is -2.46. The van der Waals surface area contributed by atoms with Crippen molar-refractivity contribution in [2.24, 2.45) is 5.92 Å². The number of esters is 1. The topological polar surface area (TPSA) is 76.7 Å². The average molecular weight is 286 g/mol. The van der Waals surface area contributed by atoms with Crippen LogP contribution in [0.3, 0.4) is 0 Å². The van der Waals surface area contributed by atoms with Crippen molar-refractivity contribution in [3.63, 3.8) is 0 Å². The molecule has 0 aromatic heterocycles. The fourth-order valence-corrected chi connectivity index (χ4v) is 2.26. The molecule has 0 aromatic rings. The number of methoxy groups -OCH3 is 1. The van der Waals surface area contributed by atoms with E-state index in [1.807, 2.05) is 0 Å². The van der Waals surface area contributed by atoms with Gasteiger partial charge in [0, 0.05) is 0 Å². The lowest BCUT2D eigenvalue weighted by Gasteiger charge is -2.27. The molecular formula is C14H26N2O4. The molecule has 0 saturated carbocycles. The zero-order valence-electron chi connectivity index (χ0n) is 12.8. The number of amides is 1. The Balaban J connectivity index is 2.55. The van der Waals surface area contributed by atoms with E-state index in [0.717, 1.165) is 25.9 Å². The first-order valence-electron chi connectivity index (χ1n) is 7.10. The van der Waals surface area contributed by atoms with Gasteiger partial charge in [-0.15, -0.1) is 0 Å². The minimum absolute atomic E-state index is 0.364. The smallest absolute Gasteiger partial charge is 0.408 e. The third-order valence-electron chi connectivity index (χ3n) is 3.14. The number of ether oxygens (including phenoxy) is 2. The van der Waals surface area contributed by atoms with Crippen molar-refractivity contribution in [3.05, 3.63) is 0 Å². The SMILES string of the molecule is COC(=O)[C@H](C[C@H]1CCCNC1)NC(=O)OC(C)(C)C. The van der Waals surface area contributed by atoms with E-state index >= 15 is 0 Å². The molecule has 0 aromatic carbocycles. The maximum absolute atomic E-state index is 11.8. The van der Waals surface area contributed by atoms with Gasteiger partial charge in [0.05, 0.1) is 7.11 Å². The molecule has 2 N–H and O–H groups in total. The highest BCUT2D eigenvalue weighted by Gasteiger charge is 2.28. The second kappa shape index (κ2) is 7.47. The van der Waals surface area contributed by atoms with Crippen molar-refractivity contribution < 1.29 is 19.1 Å². The summed E-state index contributed by atoms with van der Waals surface area (Å²) in [4.78, 5) is 23.5. The van der Waals surface area contributed by atoms with Crippen LogP contribution in [0.1, 0.15) is 40.0 Å². The maximum Gasteiger partial charge on any atom is 0.408 e. The zero-order chi connectivity index (χ0) is 15.2. The highest BCUT2D eigenvalue weighted by molar-refractivity contribution is 5.81. The van der Waals surface area contributed by atoms with Crippen molar-refractivity contribution in [3.8, 4) is 0 Å². The first-order valence-corrected chi connectivity index (χ1v) is 7.10. The molecule has 0 radical (unpaired) electrons. The Labute approximate surface area is 120 Å². The summed E-state index contributed by atoms with van der Waals surface area (Å²) in [6, 6.07) is -0.653. The molecule has 0 spiro atoms. The van der Waals surface area contributed by atoms with Crippen LogP contribution >= 0.6 is 0 Å². The van der Waals surface area contributed by atoms with Crippen molar-refractivity contribution in [2.75, 3.05) is 20.2 Å². The summed E-state index contributed by atoms with van der Waals surface area (Å²) in [6.07, 6.45) is 2.12. The number of hydrogen-bond acceptors (Lipinski definition) is 5. The molecule has 116 valence electrons. The molecule has 0 aliphatic carbocycles. The lowest BCUT2D eigenvalue weighted by molar-refractivity contribution is -0.143. The molecule has 1 aliphatic rings. The molecular weight excluding hydrogens is 260 g/mol. The van der Waals surface area contributed by atoms with E-state index in [2.05, 4.69) is 10.6 Å². The van der Waals surface area contributed by atoms with Gasteiger partial charge in [0.1, 0.15) is 11.6 Å². The molecule has 0 bridgehead atoms. The number of piperidine rings is 1. The summed E-state index contributed by atoms with van der Waals surface area (Å²) in [5.41, 5.74) is -0.586. The van der Waals surface area contributed by atoms with Crippen LogP contribution in [0.15, 0.2) is 0 Å². The second-order valence-electron chi connectivity index (χ2n) is 6.17. The van der Waals surface area contributed by atoms with Gasteiger partial charge in [0.25, 0.3) is 0 Å². The van der Waals surface area contributed by atoms with Crippen LogP contribution in [0.25, 0.3) is 0 Å². The highest BCUT2D eigenvalue weighted by atomic mass is 16.6. The van der Waals surface area contributed by atoms with Gasteiger partial charge in [-0.3, -0.25) is 0 Å². The van der Waals surface area contributed by atoms with E-state index in [1.165, 1.54) is 7.11 Å². The Morgan fingerprint density at radius 3 is 2.60 bits per heavy atom. The van der Waals surface area contributed by atoms with E-state index in [0.29, 0.717) is 12.3 Å². The monoisotopic (exact) mass is 286 g/mol. The minimum atomic E-state index is -0.653. The number of alkyl carbamates (subject to hydrolysis) is 1. The van der Waals surface area contributed by atoms with Crippen LogP contribution in [-0.4, -0.2) is 43.9 Å². The number of rotatable bonds is 4. The van der Waals surface area contributed by atoms with Gasteiger partial charge in [0.15, 0.2) is 0 Å². The summed E-state index contributed by atoms with van der Waals surface area (Å²) in [7, 11) is 1.32. The molecule has 6 heteroatoms. The lowest BCUT2D eigenvalue weighted by atomic mass is 9.92. The third-order valence-corrected chi connectivity index (χ3v) is 3.14. The van der Waals surface area contributed by atoms with Gasteiger partial charge in [0.2, 0.25) is 0 Å². The molecule has 2 atom stereocenters. The third kappa shape index (κ3) is 6.23. The number of carbonyl (C=O) groups is 2. The van der Waals surface area contributed by atoms with Gasteiger partial charge in [-0.25, -0.2) is 9.59 Å². The Morgan fingerprint density at radius 1 is 1.40 bits per heavy atom. The number of hydrogen-bond donors (Lipinski definition) is 2. The normalized spacial score (nSPS) is 20.9. The summed E-state index contributed by atoms with van der Waals surface area (Å²) in [6.45, 7) is 7.22. The summed E-state index contributed by atoms with van der Waals surface area (Å²) in [5.74, 6) is -0.0655. The molecule has 1 amide bonds. The predicted octanol–water partition coefficient (Wildman–Crippen LogP) is 1.44. The van der Waals surface area contributed by atoms with Crippen molar-refractivity contribution in [1.82, 2.24) is 10.6 Å². The predicted molar refractivity (Wildman–Crippen MR) is 75.4 cm³/mol. The Hall–Kier alpha value is -1.30. The molecule has 1 heterocycles. The Kier molecular flexibility index (Phi) is 6.26. The summed E-state index contributed by atoms with van der Waals surface area (Å²) >= 11 is 0. The molecule has 1 fully saturated rings. The van der Waals surface area contributed by atoms with E-state index in [4.69, 9.17) is 9.47 Å². The Bertz CT molecular complexity index is 333. The number of carbonyl (C=O) groups excluding carboxylic acids is 2. The largest absolute Gasteiger partial charge is 0.467 e. The van der Waals surface area contributed by atoms with Crippen LogP contribution < -0.4 is 10.6 Å². The van der Waals surface area contributed by atoms with Crippen molar-refractivity contribution in [2.45, 2.75) is 51.7 Å². The maximum atomic E-state index is 11.8. The zero-order valence-corrected chi connectivity index (χ0v) is 12.8. The first-order chi connectivity index (χ1) is 9.31. The van der Waals surface area contributed by atoms with Gasteiger partial charge in [-0.2, -0.15) is 0 Å². The van der Waals surface area contributed by atoms with Gasteiger partial charge >= 0.3 is 12.1 Å². The van der Waals surface area contributed by atoms with Gasteiger partial charge in [-0.1, -0.05) is 0 Å². The van der Waals surface area contributed by atoms with Crippen LogP contribution in [0.2, 0.25) is 0 Å². The molecule has 0 unspecified atom stereocenters. The van der Waals surface area contributed by atoms with Gasteiger partial charge in [-0.05, 0) is 59.0 Å².